The van der Waals surface area contributed by atoms with Crippen LogP contribution in [0.15, 0.2) is 48.8 Å². The Labute approximate surface area is 126 Å². The number of carbonyl (C=O) groups is 1. The highest BCUT2D eigenvalue weighted by molar-refractivity contribution is 5.91. The molecule has 0 radical (unpaired) electrons. The van der Waals surface area contributed by atoms with Crippen molar-refractivity contribution in [3.63, 3.8) is 0 Å². The molecule has 0 saturated heterocycles. The van der Waals surface area contributed by atoms with Crippen molar-refractivity contribution in [2.75, 3.05) is 5.32 Å². The third-order valence-corrected chi connectivity index (χ3v) is 3.40. The molecule has 112 valence electrons. The van der Waals surface area contributed by atoms with Crippen molar-refractivity contribution in [2.24, 2.45) is 5.73 Å². The highest BCUT2D eigenvalue weighted by Crippen LogP contribution is 2.15. The third-order valence-electron chi connectivity index (χ3n) is 3.40. The first-order valence-corrected chi connectivity index (χ1v) is 6.85. The van der Waals surface area contributed by atoms with Gasteiger partial charge in [0.2, 0.25) is 5.91 Å². The van der Waals surface area contributed by atoms with Crippen molar-refractivity contribution in [1.82, 2.24) is 9.55 Å². The van der Waals surface area contributed by atoms with Crippen LogP contribution in [-0.2, 0) is 17.9 Å². The topological polar surface area (TPSA) is 72.9 Å². The number of benzene rings is 2. The van der Waals surface area contributed by atoms with E-state index in [4.69, 9.17) is 5.73 Å². The SMILES string of the molecule is NCc1ccc(NC(=O)Cn2cnc3ccccc32)cc1F. The van der Waals surface area contributed by atoms with Crippen LogP contribution in [0.1, 0.15) is 5.56 Å². The van der Waals surface area contributed by atoms with Gasteiger partial charge in [0.15, 0.2) is 0 Å². The molecule has 0 unspecified atom stereocenters. The van der Waals surface area contributed by atoms with Gasteiger partial charge in [-0.3, -0.25) is 4.79 Å². The molecule has 2 aromatic carbocycles. The number of hydrogen-bond donors (Lipinski definition) is 2. The van der Waals surface area contributed by atoms with Crippen LogP contribution < -0.4 is 11.1 Å². The number of rotatable bonds is 4. The maximum Gasteiger partial charge on any atom is 0.244 e. The molecular formula is C16H15FN4O. The number of fused-ring (bicyclic) bond motifs is 1. The van der Waals surface area contributed by atoms with Crippen LogP contribution in [0.3, 0.4) is 0 Å². The van der Waals surface area contributed by atoms with Gasteiger partial charge in [0.25, 0.3) is 0 Å². The Bertz CT molecular complexity index is 828. The number of anilines is 1. The minimum absolute atomic E-state index is 0.112. The van der Waals surface area contributed by atoms with Crippen LogP contribution in [-0.4, -0.2) is 15.5 Å². The fourth-order valence-electron chi connectivity index (χ4n) is 2.28. The normalized spacial score (nSPS) is 10.8. The standard InChI is InChI=1S/C16H15FN4O/c17-13-7-12(6-5-11(13)8-18)20-16(22)9-21-10-19-14-3-1-2-4-15(14)21/h1-7,10H,8-9,18H2,(H,20,22). The van der Waals surface area contributed by atoms with E-state index in [2.05, 4.69) is 10.3 Å². The summed E-state index contributed by atoms with van der Waals surface area (Å²) in [5, 5.41) is 2.67. The Kier molecular flexibility index (Phi) is 3.84. The van der Waals surface area contributed by atoms with Crippen LogP contribution in [0.25, 0.3) is 11.0 Å². The molecule has 1 heterocycles. The summed E-state index contributed by atoms with van der Waals surface area (Å²) in [5.74, 6) is -0.670. The quantitative estimate of drug-likeness (QED) is 0.776. The second kappa shape index (κ2) is 5.95. The molecule has 0 aliphatic heterocycles. The monoisotopic (exact) mass is 298 g/mol. The van der Waals surface area contributed by atoms with Crippen molar-refractivity contribution in [1.29, 1.82) is 0 Å². The fraction of sp³-hybridized carbons (Fsp3) is 0.125. The smallest absolute Gasteiger partial charge is 0.244 e. The van der Waals surface area contributed by atoms with E-state index in [0.717, 1.165) is 11.0 Å². The first kappa shape index (κ1) is 14.2. The largest absolute Gasteiger partial charge is 0.326 e. The van der Waals surface area contributed by atoms with Crippen molar-refractivity contribution in [2.45, 2.75) is 13.1 Å². The minimum atomic E-state index is -0.423. The number of halogens is 1. The molecule has 0 spiro atoms. The summed E-state index contributed by atoms with van der Waals surface area (Å²) < 4.78 is 15.4. The first-order valence-electron chi connectivity index (χ1n) is 6.85. The fourth-order valence-corrected chi connectivity index (χ4v) is 2.28. The van der Waals surface area contributed by atoms with E-state index in [0.29, 0.717) is 11.3 Å². The van der Waals surface area contributed by atoms with E-state index in [1.165, 1.54) is 6.07 Å². The Hall–Kier alpha value is -2.73. The highest BCUT2D eigenvalue weighted by Gasteiger charge is 2.08. The molecule has 0 aliphatic carbocycles. The molecular weight excluding hydrogens is 283 g/mol. The number of para-hydroxylation sites is 2. The number of aromatic nitrogens is 2. The predicted octanol–water partition coefficient (Wildman–Crippen LogP) is 2.27. The van der Waals surface area contributed by atoms with Crippen LogP contribution in [0.4, 0.5) is 10.1 Å². The van der Waals surface area contributed by atoms with E-state index < -0.39 is 5.82 Å². The number of hydrogen-bond acceptors (Lipinski definition) is 3. The summed E-state index contributed by atoms with van der Waals surface area (Å²) in [6, 6.07) is 12.0. The molecule has 3 rings (SSSR count). The summed E-state index contributed by atoms with van der Waals surface area (Å²) in [5.41, 5.74) is 7.93. The lowest BCUT2D eigenvalue weighted by molar-refractivity contribution is -0.116. The first-order chi connectivity index (χ1) is 10.7. The molecule has 0 atom stereocenters. The maximum atomic E-state index is 13.6. The van der Waals surface area contributed by atoms with E-state index in [-0.39, 0.29) is 19.0 Å². The summed E-state index contributed by atoms with van der Waals surface area (Å²) in [6.45, 7) is 0.238. The average molecular weight is 298 g/mol. The van der Waals surface area contributed by atoms with Gasteiger partial charge in [-0.1, -0.05) is 18.2 Å². The molecule has 1 aromatic heterocycles. The Morgan fingerprint density at radius 1 is 1.27 bits per heavy atom. The minimum Gasteiger partial charge on any atom is -0.326 e. The van der Waals surface area contributed by atoms with Gasteiger partial charge in [-0.25, -0.2) is 9.37 Å². The van der Waals surface area contributed by atoms with Crippen molar-refractivity contribution in [3.8, 4) is 0 Å². The summed E-state index contributed by atoms with van der Waals surface area (Å²) in [4.78, 5) is 16.3. The zero-order chi connectivity index (χ0) is 15.5. The number of amides is 1. The van der Waals surface area contributed by atoms with E-state index in [1.807, 2.05) is 24.3 Å². The highest BCUT2D eigenvalue weighted by atomic mass is 19.1. The molecule has 0 saturated carbocycles. The van der Waals surface area contributed by atoms with Crippen LogP contribution in [0.2, 0.25) is 0 Å². The molecule has 0 aliphatic rings. The number of nitrogens with zero attached hydrogens (tertiary/aromatic N) is 2. The molecule has 6 heteroatoms. The van der Waals surface area contributed by atoms with E-state index >= 15 is 0 Å². The second-order valence-electron chi connectivity index (χ2n) is 4.92. The van der Waals surface area contributed by atoms with Crippen molar-refractivity contribution in [3.05, 3.63) is 60.2 Å². The van der Waals surface area contributed by atoms with Gasteiger partial charge in [0.1, 0.15) is 12.4 Å². The third kappa shape index (κ3) is 2.82. The Balaban J connectivity index is 1.74. The lowest BCUT2D eigenvalue weighted by Crippen LogP contribution is -2.18. The molecule has 22 heavy (non-hydrogen) atoms. The summed E-state index contributed by atoms with van der Waals surface area (Å²) in [7, 11) is 0. The molecule has 0 bridgehead atoms. The summed E-state index contributed by atoms with van der Waals surface area (Å²) >= 11 is 0. The number of imidazole rings is 1. The van der Waals surface area contributed by atoms with Crippen molar-refractivity contribution >= 4 is 22.6 Å². The predicted molar refractivity (Wildman–Crippen MR) is 82.7 cm³/mol. The molecule has 3 aromatic rings. The van der Waals surface area contributed by atoms with Crippen LogP contribution >= 0.6 is 0 Å². The number of nitrogens with one attached hydrogen (secondary N) is 1. The molecule has 1 amide bonds. The number of carbonyl (C=O) groups excluding carboxylic acids is 1. The van der Waals surface area contributed by atoms with Crippen LogP contribution in [0, 0.1) is 5.82 Å². The van der Waals surface area contributed by atoms with Gasteiger partial charge < -0.3 is 15.6 Å². The van der Waals surface area contributed by atoms with E-state index in [9.17, 15) is 9.18 Å². The van der Waals surface area contributed by atoms with Gasteiger partial charge in [-0.2, -0.15) is 0 Å². The lowest BCUT2D eigenvalue weighted by Gasteiger charge is -2.08. The van der Waals surface area contributed by atoms with Gasteiger partial charge in [0.05, 0.1) is 17.4 Å². The van der Waals surface area contributed by atoms with Gasteiger partial charge in [0, 0.05) is 17.8 Å². The zero-order valence-corrected chi connectivity index (χ0v) is 11.8. The average Bonchev–Trinajstić information content (AvgIpc) is 2.91. The Morgan fingerprint density at radius 3 is 2.86 bits per heavy atom. The van der Waals surface area contributed by atoms with Crippen molar-refractivity contribution < 1.29 is 9.18 Å². The van der Waals surface area contributed by atoms with Gasteiger partial charge in [-0.15, -0.1) is 0 Å². The van der Waals surface area contributed by atoms with Gasteiger partial charge in [-0.05, 0) is 24.3 Å². The molecule has 5 nitrogen and oxygen atoms in total. The summed E-state index contributed by atoms with van der Waals surface area (Å²) in [6.07, 6.45) is 1.61. The number of nitrogens with two attached hydrogens (primary N) is 1. The molecule has 0 fully saturated rings. The lowest BCUT2D eigenvalue weighted by atomic mass is 10.2. The Morgan fingerprint density at radius 2 is 2.09 bits per heavy atom. The van der Waals surface area contributed by atoms with Gasteiger partial charge >= 0.3 is 0 Å². The zero-order valence-electron chi connectivity index (χ0n) is 11.8. The molecule has 3 N–H and O–H groups in total. The van der Waals surface area contributed by atoms with E-state index in [1.54, 1.807) is 23.0 Å². The van der Waals surface area contributed by atoms with Crippen LogP contribution in [0.5, 0.6) is 0 Å². The second-order valence-corrected chi connectivity index (χ2v) is 4.92. The maximum absolute atomic E-state index is 13.6.